The molecule has 4 rings (SSSR count). The van der Waals surface area contributed by atoms with Gasteiger partial charge in [0.15, 0.2) is 0 Å². The Hall–Kier alpha value is -2.27. The van der Waals surface area contributed by atoms with Crippen LogP contribution in [0.1, 0.15) is 54.2 Å². The van der Waals surface area contributed by atoms with Crippen LogP contribution in [0.15, 0.2) is 36.5 Å². The minimum absolute atomic E-state index is 0.118. The van der Waals surface area contributed by atoms with Crippen LogP contribution in [0.25, 0.3) is 0 Å². The molecule has 1 aromatic carbocycles. The SMILES string of the molecule is C[C@@H](C(=O)N1CCc2nc(C3CCN(C)CC3)ncc2C1)c1ccccc1. The molecule has 0 aliphatic carbocycles. The number of hydrogen-bond acceptors (Lipinski definition) is 4. The van der Waals surface area contributed by atoms with Crippen LogP contribution in [0.5, 0.6) is 0 Å². The van der Waals surface area contributed by atoms with Gasteiger partial charge in [0.1, 0.15) is 5.82 Å². The van der Waals surface area contributed by atoms with Gasteiger partial charge in [-0.25, -0.2) is 9.97 Å². The van der Waals surface area contributed by atoms with Crippen LogP contribution in [-0.2, 0) is 17.8 Å². The number of rotatable bonds is 3. The lowest BCUT2D eigenvalue weighted by Crippen LogP contribution is -2.39. The molecular formula is C22H28N4O. The second-order valence-electron chi connectivity index (χ2n) is 7.92. The minimum Gasteiger partial charge on any atom is -0.337 e. The van der Waals surface area contributed by atoms with Crippen LogP contribution in [-0.4, -0.2) is 52.4 Å². The van der Waals surface area contributed by atoms with Gasteiger partial charge in [-0.1, -0.05) is 30.3 Å². The molecule has 0 unspecified atom stereocenters. The molecule has 1 amide bonds. The smallest absolute Gasteiger partial charge is 0.230 e. The molecule has 1 fully saturated rings. The van der Waals surface area contributed by atoms with Gasteiger partial charge in [0.05, 0.1) is 11.6 Å². The van der Waals surface area contributed by atoms with E-state index in [9.17, 15) is 4.79 Å². The maximum atomic E-state index is 12.9. The number of benzene rings is 1. The number of likely N-dealkylation sites (tertiary alicyclic amines) is 1. The number of piperidine rings is 1. The van der Waals surface area contributed by atoms with Crippen molar-refractivity contribution in [3.8, 4) is 0 Å². The normalized spacial score (nSPS) is 19.6. The van der Waals surface area contributed by atoms with Gasteiger partial charge in [-0.2, -0.15) is 0 Å². The number of carbonyl (C=O) groups excluding carboxylic acids is 1. The molecule has 5 nitrogen and oxygen atoms in total. The fourth-order valence-electron chi connectivity index (χ4n) is 4.14. The molecule has 1 aromatic heterocycles. The maximum Gasteiger partial charge on any atom is 0.230 e. The predicted octanol–water partition coefficient (Wildman–Crippen LogP) is 2.97. The zero-order valence-electron chi connectivity index (χ0n) is 16.3. The van der Waals surface area contributed by atoms with Crippen LogP contribution in [0, 0.1) is 0 Å². The standard InChI is InChI=1S/C22H28N4O/c1-16(17-6-4-3-5-7-17)22(27)26-13-10-20-19(15-26)14-23-21(24-20)18-8-11-25(2)12-9-18/h3-7,14,16,18H,8-13,15H2,1-2H3/t16-/m1/s1. The maximum absolute atomic E-state index is 12.9. The molecule has 1 atom stereocenters. The highest BCUT2D eigenvalue weighted by molar-refractivity contribution is 5.83. The molecule has 0 spiro atoms. The van der Waals surface area contributed by atoms with E-state index in [0.717, 1.165) is 61.5 Å². The summed E-state index contributed by atoms with van der Waals surface area (Å²) in [5, 5.41) is 0. The van der Waals surface area contributed by atoms with Gasteiger partial charge in [-0.05, 0) is 45.5 Å². The number of aromatic nitrogens is 2. The molecule has 0 radical (unpaired) electrons. The van der Waals surface area contributed by atoms with Gasteiger partial charge in [0.2, 0.25) is 5.91 Å². The molecule has 5 heteroatoms. The van der Waals surface area contributed by atoms with Crippen molar-refractivity contribution in [2.75, 3.05) is 26.7 Å². The summed E-state index contributed by atoms with van der Waals surface area (Å²) in [4.78, 5) is 26.8. The lowest BCUT2D eigenvalue weighted by Gasteiger charge is -2.32. The van der Waals surface area contributed by atoms with Gasteiger partial charge >= 0.3 is 0 Å². The first-order valence-corrected chi connectivity index (χ1v) is 9.99. The van der Waals surface area contributed by atoms with Crippen LogP contribution >= 0.6 is 0 Å². The quantitative estimate of drug-likeness (QED) is 0.840. The predicted molar refractivity (Wildman–Crippen MR) is 105 cm³/mol. The second-order valence-corrected chi connectivity index (χ2v) is 7.92. The Labute approximate surface area is 161 Å². The fourth-order valence-corrected chi connectivity index (χ4v) is 4.14. The highest BCUT2D eigenvalue weighted by Crippen LogP contribution is 2.27. The number of hydrogen-bond donors (Lipinski definition) is 0. The first-order valence-electron chi connectivity index (χ1n) is 9.99. The van der Waals surface area contributed by atoms with Crippen LogP contribution in [0.3, 0.4) is 0 Å². The van der Waals surface area contributed by atoms with Crippen molar-refractivity contribution in [1.29, 1.82) is 0 Å². The van der Waals surface area contributed by atoms with Gasteiger partial charge < -0.3 is 9.80 Å². The number of amides is 1. The van der Waals surface area contributed by atoms with Gasteiger partial charge in [0.25, 0.3) is 0 Å². The molecule has 2 aliphatic rings. The lowest BCUT2D eigenvalue weighted by molar-refractivity contribution is -0.133. The number of fused-ring (bicyclic) bond motifs is 1. The summed E-state index contributed by atoms with van der Waals surface area (Å²) in [5.41, 5.74) is 3.31. The van der Waals surface area contributed by atoms with E-state index in [1.807, 2.05) is 48.4 Å². The van der Waals surface area contributed by atoms with E-state index in [0.29, 0.717) is 12.5 Å². The molecule has 2 aliphatic heterocycles. The highest BCUT2D eigenvalue weighted by atomic mass is 16.2. The van der Waals surface area contributed by atoms with Gasteiger partial charge in [-0.15, -0.1) is 0 Å². The largest absolute Gasteiger partial charge is 0.337 e. The van der Waals surface area contributed by atoms with Crippen molar-refractivity contribution < 1.29 is 4.79 Å². The third-order valence-corrected chi connectivity index (χ3v) is 6.02. The van der Waals surface area contributed by atoms with Crippen LogP contribution < -0.4 is 0 Å². The summed E-state index contributed by atoms with van der Waals surface area (Å²) in [7, 11) is 2.17. The molecule has 2 aromatic rings. The average molecular weight is 364 g/mol. The Morgan fingerprint density at radius 1 is 1.15 bits per heavy atom. The molecule has 0 bridgehead atoms. The first-order chi connectivity index (χ1) is 13.1. The summed E-state index contributed by atoms with van der Waals surface area (Å²) in [5.74, 6) is 1.54. The summed E-state index contributed by atoms with van der Waals surface area (Å²) < 4.78 is 0. The van der Waals surface area contributed by atoms with E-state index in [2.05, 4.69) is 16.9 Å². The third kappa shape index (κ3) is 3.88. The van der Waals surface area contributed by atoms with Gasteiger partial charge in [0, 0.05) is 37.2 Å². The topological polar surface area (TPSA) is 49.3 Å². The molecule has 1 saturated heterocycles. The van der Waals surface area contributed by atoms with Crippen LogP contribution in [0.2, 0.25) is 0 Å². The van der Waals surface area contributed by atoms with E-state index in [4.69, 9.17) is 4.98 Å². The van der Waals surface area contributed by atoms with Crippen molar-refractivity contribution in [1.82, 2.24) is 19.8 Å². The van der Waals surface area contributed by atoms with Crippen molar-refractivity contribution in [3.63, 3.8) is 0 Å². The molecular weight excluding hydrogens is 336 g/mol. The van der Waals surface area contributed by atoms with Gasteiger partial charge in [-0.3, -0.25) is 4.79 Å². The Bertz CT molecular complexity index is 799. The van der Waals surface area contributed by atoms with Crippen molar-refractivity contribution in [2.24, 2.45) is 0 Å². The lowest BCUT2D eigenvalue weighted by atomic mass is 9.95. The first kappa shape index (κ1) is 18.1. The second kappa shape index (κ2) is 7.77. The Balaban J connectivity index is 1.45. The van der Waals surface area contributed by atoms with E-state index in [1.165, 1.54) is 0 Å². The summed E-state index contributed by atoms with van der Waals surface area (Å²) in [6.07, 6.45) is 5.05. The van der Waals surface area contributed by atoms with E-state index >= 15 is 0 Å². The van der Waals surface area contributed by atoms with E-state index in [1.54, 1.807) is 0 Å². The minimum atomic E-state index is -0.118. The zero-order valence-corrected chi connectivity index (χ0v) is 16.3. The van der Waals surface area contributed by atoms with Crippen molar-refractivity contribution in [3.05, 3.63) is 59.2 Å². The van der Waals surface area contributed by atoms with E-state index < -0.39 is 0 Å². The highest BCUT2D eigenvalue weighted by Gasteiger charge is 2.28. The molecule has 0 N–H and O–H groups in total. The van der Waals surface area contributed by atoms with Crippen molar-refractivity contribution >= 4 is 5.91 Å². The Kier molecular flexibility index (Phi) is 5.21. The molecule has 3 heterocycles. The third-order valence-electron chi connectivity index (χ3n) is 6.02. The Morgan fingerprint density at radius 3 is 2.63 bits per heavy atom. The summed E-state index contributed by atoms with van der Waals surface area (Å²) in [6, 6.07) is 10.0. The van der Waals surface area contributed by atoms with E-state index in [-0.39, 0.29) is 11.8 Å². The summed E-state index contributed by atoms with van der Waals surface area (Å²) in [6.45, 7) is 5.59. The molecule has 142 valence electrons. The number of carbonyl (C=O) groups is 1. The Morgan fingerprint density at radius 2 is 1.89 bits per heavy atom. The fraction of sp³-hybridized carbons (Fsp3) is 0.500. The average Bonchev–Trinajstić information content (AvgIpc) is 2.73. The monoisotopic (exact) mass is 364 g/mol. The summed E-state index contributed by atoms with van der Waals surface area (Å²) >= 11 is 0. The number of nitrogens with zero attached hydrogens (tertiary/aromatic N) is 4. The molecule has 27 heavy (non-hydrogen) atoms. The zero-order chi connectivity index (χ0) is 18.8. The van der Waals surface area contributed by atoms with Crippen LogP contribution in [0.4, 0.5) is 0 Å². The van der Waals surface area contributed by atoms with Crippen molar-refractivity contribution in [2.45, 2.75) is 44.6 Å². The molecule has 0 saturated carbocycles.